The average molecular weight is 304 g/mol. The van der Waals surface area contributed by atoms with Crippen molar-refractivity contribution in [2.24, 2.45) is 11.1 Å². The van der Waals surface area contributed by atoms with Crippen LogP contribution in [-0.4, -0.2) is 0 Å². The van der Waals surface area contributed by atoms with Gasteiger partial charge in [0.1, 0.15) is 11.6 Å². The fourth-order valence-electron chi connectivity index (χ4n) is 2.67. The SMILES string of the molecule is CC1(C(N)c2c(F)ccc(Br)c2F)CCCC1. The zero-order valence-electron chi connectivity index (χ0n) is 9.77. The minimum Gasteiger partial charge on any atom is -0.323 e. The van der Waals surface area contributed by atoms with Crippen molar-refractivity contribution in [2.75, 3.05) is 0 Å². The van der Waals surface area contributed by atoms with Crippen molar-refractivity contribution in [1.82, 2.24) is 0 Å². The fourth-order valence-corrected chi connectivity index (χ4v) is 3.02. The Labute approximate surface area is 109 Å². The van der Waals surface area contributed by atoms with Crippen LogP contribution < -0.4 is 5.73 Å². The van der Waals surface area contributed by atoms with E-state index < -0.39 is 17.7 Å². The first-order valence-corrected chi connectivity index (χ1v) is 6.64. The standard InChI is InChI=1S/C13H16BrF2N/c1-13(6-2-3-7-13)12(17)10-9(15)5-4-8(14)11(10)16/h4-5,12H,2-3,6-7,17H2,1H3. The molecule has 0 aliphatic heterocycles. The van der Waals surface area contributed by atoms with Gasteiger partial charge in [-0.15, -0.1) is 0 Å². The minimum absolute atomic E-state index is 0.0174. The molecule has 1 aliphatic carbocycles. The Bertz CT molecular complexity index is 428. The summed E-state index contributed by atoms with van der Waals surface area (Å²) in [5.74, 6) is -1.11. The quantitative estimate of drug-likeness (QED) is 0.810. The highest BCUT2D eigenvalue weighted by Crippen LogP contribution is 2.47. The Morgan fingerprint density at radius 3 is 2.47 bits per heavy atom. The van der Waals surface area contributed by atoms with E-state index in [1.165, 1.54) is 12.1 Å². The summed E-state index contributed by atoms with van der Waals surface area (Å²) in [6, 6.07) is 2.06. The lowest BCUT2D eigenvalue weighted by Crippen LogP contribution is -2.31. The summed E-state index contributed by atoms with van der Waals surface area (Å²) >= 11 is 3.08. The monoisotopic (exact) mass is 303 g/mol. The Balaban J connectivity index is 2.43. The molecule has 0 heterocycles. The molecule has 17 heavy (non-hydrogen) atoms. The van der Waals surface area contributed by atoms with E-state index in [4.69, 9.17) is 5.73 Å². The van der Waals surface area contributed by atoms with Crippen molar-refractivity contribution in [3.05, 3.63) is 33.8 Å². The van der Waals surface area contributed by atoms with Crippen molar-refractivity contribution in [1.29, 1.82) is 0 Å². The highest BCUT2D eigenvalue weighted by Gasteiger charge is 2.38. The maximum atomic E-state index is 14.0. The molecule has 1 saturated carbocycles. The summed E-state index contributed by atoms with van der Waals surface area (Å²) in [4.78, 5) is 0. The Morgan fingerprint density at radius 1 is 1.29 bits per heavy atom. The van der Waals surface area contributed by atoms with Gasteiger partial charge in [-0.1, -0.05) is 19.8 Å². The fraction of sp³-hybridized carbons (Fsp3) is 0.538. The normalized spacial score (nSPS) is 20.5. The Kier molecular flexibility index (Phi) is 3.55. The molecule has 1 aliphatic rings. The van der Waals surface area contributed by atoms with E-state index in [0.717, 1.165) is 25.7 Å². The van der Waals surface area contributed by atoms with E-state index in [1.807, 2.05) is 6.92 Å². The molecule has 0 aromatic heterocycles. The first kappa shape index (κ1) is 13.0. The van der Waals surface area contributed by atoms with Gasteiger partial charge >= 0.3 is 0 Å². The number of nitrogens with two attached hydrogens (primary N) is 1. The predicted molar refractivity (Wildman–Crippen MR) is 67.6 cm³/mol. The second-order valence-electron chi connectivity index (χ2n) is 5.10. The van der Waals surface area contributed by atoms with Gasteiger partial charge in [-0.25, -0.2) is 8.78 Å². The van der Waals surface area contributed by atoms with E-state index >= 15 is 0 Å². The Hall–Kier alpha value is -0.480. The molecular formula is C13H16BrF2N. The number of hydrogen-bond acceptors (Lipinski definition) is 1. The molecule has 0 saturated heterocycles. The van der Waals surface area contributed by atoms with Gasteiger partial charge in [0.15, 0.2) is 0 Å². The zero-order valence-corrected chi connectivity index (χ0v) is 11.4. The second-order valence-corrected chi connectivity index (χ2v) is 5.95. The van der Waals surface area contributed by atoms with Gasteiger partial charge in [0.25, 0.3) is 0 Å². The number of rotatable bonds is 2. The topological polar surface area (TPSA) is 26.0 Å². The van der Waals surface area contributed by atoms with Crippen LogP contribution in [0.2, 0.25) is 0 Å². The summed E-state index contributed by atoms with van der Waals surface area (Å²) in [6.07, 6.45) is 4.03. The van der Waals surface area contributed by atoms with Crippen molar-refractivity contribution in [3.8, 4) is 0 Å². The number of benzene rings is 1. The molecule has 0 radical (unpaired) electrons. The molecule has 1 aromatic rings. The van der Waals surface area contributed by atoms with Crippen molar-refractivity contribution < 1.29 is 8.78 Å². The molecule has 1 fully saturated rings. The lowest BCUT2D eigenvalue weighted by Gasteiger charge is -2.32. The number of hydrogen-bond donors (Lipinski definition) is 1. The molecule has 2 N–H and O–H groups in total. The van der Waals surface area contributed by atoms with Gasteiger partial charge in [0, 0.05) is 11.6 Å². The van der Waals surface area contributed by atoms with Gasteiger partial charge in [0.05, 0.1) is 4.47 Å². The maximum absolute atomic E-state index is 14.0. The molecule has 0 spiro atoms. The van der Waals surface area contributed by atoms with E-state index in [9.17, 15) is 8.78 Å². The molecule has 0 amide bonds. The van der Waals surface area contributed by atoms with E-state index in [0.29, 0.717) is 0 Å². The summed E-state index contributed by atoms with van der Waals surface area (Å²) in [7, 11) is 0. The minimum atomic E-state index is -0.581. The molecule has 1 unspecified atom stereocenters. The van der Waals surface area contributed by atoms with Crippen LogP contribution >= 0.6 is 15.9 Å². The second kappa shape index (κ2) is 4.65. The van der Waals surface area contributed by atoms with Crippen molar-refractivity contribution >= 4 is 15.9 Å². The van der Waals surface area contributed by atoms with Crippen LogP contribution in [0.15, 0.2) is 16.6 Å². The smallest absolute Gasteiger partial charge is 0.145 e. The molecule has 4 heteroatoms. The lowest BCUT2D eigenvalue weighted by atomic mass is 9.77. The van der Waals surface area contributed by atoms with E-state index in [1.54, 1.807) is 0 Å². The van der Waals surface area contributed by atoms with Crippen LogP contribution in [0.25, 0.3) is 0 Å². The van der Waals surface area contributed by atoms with Crippen LogP contribution in [-0.2, 0) is 0 Å². The highest BCUT2D eigenvalue weighted by molar-refractivity contribution is 9.10. The van der Waals surface area contributed by atoms with Crippen molar-refractivity contribution in [2.45, 2.75) is 38.6 Å². The van der Waals surface area contributed by atoms with Gasteiger partial charge in [-0.05, 0) is 46.3 Å². The van der Waals surface area contributed by atoms with Gasteiger partial charge in [0.2, 0.25) is 0 Å². The molecule has 2 rings (SSSR count). The van der Waals surface area contributed by atoms with E-state index in [-0.39, 0.29) is 15.5 Å². The largest absolute Gasteiger partial charge is 0.323 e. The lowest BCUT2D eigenvalue weighted by molar-refractivity contribution is 0.254. The average Bonchev–Trinajstić information content (AvgIpc) is 2.72. The van der Waals surface area contributed by atoms with Gasteiger partial charge in [-0.3, -0.25) is 0 Å². The molecule has 0 bridgehead atoms. The molecule has 1 nitrogen and oxygen atoms in total. The highest BCUT2D eigenvalue weighted by atomic mass is 79.9. The molecular weight excluding hydrogens is 288 g/mol. The van der Waals surface area contributed by atoms with Crippen LogP contribution in [0, 0.1) is 17.0 Å². The summed E-state index contributed by atoms with van der Waals surface area (Å²) in [5, 5.41) is 0. The third-order valence-corrected chi connectivity index (χ3v) is 4.50. The van der Waals surface area contributed by atoms with Crippen LogP contribution in [0.5, 0.6) is 0 Å². The van der Waals surface area contributed by atoms with Gasteiger partial charge in [-0.2, -0.15) is 0 Å². The summed E-state index contributed by atoms with van der Waals surface area (Å²) in [5.41, 5.74) is 5.93. The van der Waals surface area contributed by atoms with Crippen LogP contribution in [0.4, 0.5) is 8.78 Å². The first-order valence-electron chi connectivity index (χ1n) is 5.85. The molecule has 1 aromatic carbocycles. The third-order valence-electron chi connectivity index (χ3n) is 3.89. The zero-order chi connectivity index (χ0) is 12.6. The van der Waals surface area contributed by atoms with Gasteiger partial charge < -0.3 is 5.73 Å². The maximum Gasteiger partial charge on any atom is 0.145 e. The summed E-state index contributed by atoms with van der Waals surface area (Å²) < 4.78 is 28.0. The van der Waals surface area contributed by atoms with Crippen molar-refractivity contribution in [3.63, 3.8) is 0 Å². The third kappa shape index (κ3) is 2.25. The number of halogens is 3. The first-order chi connectivity index (χ1) is 7.96. The van der Waals surface area contributed by atoms with Crippen LogP contribution in [0.3, 0.4) is 0 Å². The molecule has 94 valence electrons. The Morgan fingerprint density at radius 2 is 1.88 bits per heavy atom. The van der Waals surface area contributed by atoms with Crippen LogP contribution in [0.1, 0.15) is 44.2 Å². The summed E-state index contributed by atoms with van der Waals surface area (Å²) in [6.45, 7) is 2.02. The predicted octanol–water partition coefficient (Wildman–Crippen LogP) is 4.31. The molecule has 1 atom stereocenters. The van der Waals surface area contributed by atoms with E-state index in [2.05, 4.69) is 15.9 Å².